The fourth-order valence-electron chi connectivity index (χ4n) is 2.15. The molecule has 0 amide bonds. The van der Waals surface area contributed by atoms with Crippen molar-refractivity contribution in [1.82, 2.24) is 0 Å². The van der Waals surface area contributed by atoms with Crippen LogP contribution in [-0.2, 0) is 12.0 Å². The highest BCUT2D eigenvalue weighted by molar-refractivity contribution is 7.10. The van der Waals surface area contributed by atoms with E-state index < -0.39 is 5.60 Å². The predicted molar refractivity (Wildman–Crippen MR) is 82.1 cm³/mol. The summed E-state index contributed by atoms with van der Waals surface area (Å²) in [7, 11) is 3.19. The van der Waals surface area contributed by atoms with Gasteiger partial charge in [0.2, 0.25) is 0 Å². The zero-order chi connectivity index (χ0) is 14.8. The van der Waals surface area contributed by atoms with E-state index in [2.05, 4.69) is 0 Å². The maximum atomic E-state index is 10.7. The SMILES string of the molecule is COc1ccc(CC(C)(O)c2sccc2Cl)cc1OC. The molecular formula is C15H17ClO3S. The molecule has 1 unspecified atom stereocenters. The third kappa shape index (κ3) is 3.08. The van der Waals surface area contributed by atoms with Gasteiger partial charge in [0.05, 0.1) is 24.1 Å². The normalized spacial score (nSPS) is 13.8. The zero-order valence-electron chi connectivity index (χ0n) is 11.6. The third-order valence-corrected chi connectivity index (χ3v) is 4.70. The topological polar surface area (TPSA) is 38.7 Å². The van der Waals surface area contributed by atoms with Crippen molar-refractivity contribution in [3.63, 3.8) is 0 Å². The van der Waals surface area contributed by atoms with Crippen molar-refractivity contribution in [3.05, 3.63) is 45.1 Å². The van der Waals surface area contributed by atoms with Gasteiger partial charge in [-0.25, -0.2) is 0 Å². The maximum Gasteiger partial charge on any atom is 0.160 e. The summed E-state index contributed by atoms with van der Waals surface area (Å²) in [6.07, 6.45) is 0.452. The molecule has 0 aliphatic carbocycles. The predicted octanol–water partition coefficient (Wildman–Crippen LogP) is 3.87. The Morgan fingerprint density at radius 2 is 1.90 bits per heavy atom. The summed E-state index contributed by atoms with van der Waals surface area (Å²) in [5.74, 6) is 1.32. The highest BCUT2D eigenvalue weighted by Crippen LogP contribution is 2.36. The highest BCUT2D eigenvalue weighted by Gasteiger charge is 2.27. The molecule has 0 spiro atoms. The number of hydrogen-bond donors (Lipinski definition) is 1. The van der Waals surface area contributed by atoms with Crippen molar-refractivity contribution >= 4 is 22.9 Å². The summed E-state index contributed by atoms with van der Waals surface area (Å²) in [5.41, 5.74) is -0.0534. The molecule has 0 bridgehead atoms. The van der Waals surface area contributed by atoms with E-state index in [4.69, 9.17) is 21.1 Å². The minimum Gasteiger partial charge on any atom is -0.493 e. The lowest BCUT2D eigenvalue weighted by Gasteiger charge is -2.23. The number of hydrogen-bond acceptors (Lipinski definition) is 4. The smallest absolute Gasteiger partial charge is 0.160 e. The highest BCUT2D eigenvalue weighted by atomic mass is 35.5. The average molecular weight is 313 g/mol. The quantitative estimate of drug-likeness (QED) is 0.911. The summed E-state index contributed by atoms with van der Waals surface area (Å²) < 4.78 is 10.5. The standard InChI is InChI=1S/C15H17ClO3S/c1-15(17,14-11(16)6-7-20-14)9-10-4-5-12(18-2)13(8-10)19-3/h4-8,17H,9H2,1-3H3. The number of aliphatic hydroxyl groups is 1. The van der Waals surface area contributed by atoms with Gasteiger partial charge in [0.25, 0.3) is 0 Å². The molecular weight excluding hydrogens is 296 g/mol. The van der Waals surface area contributed by atoms with E-state index in [1.807, 2.05) is 23.6 Å². The Balaban J connectivity index is 2.27. The van der Waals surface area contributed by atoms with Crippen LogP contribution < -0.4 is 9.47 Å². The van der Waals surface area contributed by atoms with Gasteiger partial charge in [-0.05, 0) is 36.1 Å². The Hall–Kier alpha value is -1.23. The van der Waals surface area contributed by atoms with Gasteiger partial charge in [0.1, 0.15) is 5.60 Å². The van der Waals surface area contributed by atoms with Gasteiger partial charge >= 0.3 is 0 Å². The fourth-order valence-corrected chi connectivity index (χ4v) is 3.47. The second-order valence-electron chi connectivity index (χ2n) is 4.74. The average Bonchev–Trinajstić information content (AvgIpc) is 2.85. The molecule has 1 aromatic carbocycles. The lowest BCUT2D eigenvalue weighted by molar-refractivity contribution is 0.0615. The van der Waals surface area contributed by atoms with Crippen LogP contribution in [0.3, 0.4) is 0 Å². The fraction of sp³-hybridized carbons (Fsp3) is 0.333. The van der Waals surface area contributed by atoms with Crippen molar-refractivity contribution in [2.24, 2.45) is 0 Å². The molecule has 1 N–H and O–H groups in total. The molecule has 0 aliphatic heterocycles. The molecule has 0 saturated carbocycles. The van der Waals surface area contributed by atoms with Gasteiger partial charge in [0, 0.05) is 6.42 Å². The molecule has 0 fully saturated rings. The van der Waals surface area contributed by atoms with Crippen LogP contribution in [0.5, 0.6) is 11.5 Å². The molecule has 3 nitrogen and oxygen atoms in total. The van der Waals surface area contributed by atoms with E-state index in [0.717, 1.165) is 10.4 Å². The monoisotopic (exact) mass is 312 g/mol. The lowest BCUT2D eigenvalue weighted by Crippen LogP contribution is -2.23. The first-order valence-corrected chi connectivity index (χ1v) is 7.40. The first-order valence-electron chi connectivity index (χ1n) is 6.14. The van der Waals surface area contributed by atoms with Crippen LogP contribution in [0, 0.1) is 0 Å². The van der Waals surface area contributed by atoms with Crippen molar-refractivity contribution in [2.75, 3.05) is 14.2 Å². The molecule has 5 heteroatoms. The summed E-state index contributed by atoms with van der Waals surface area (Å²) in [6, 6.07) is 7.41. The summed E-state index contributed by atoms with van der Waals surface area (Å²) in [6.45, 7) is 1.77. The molecule has 1 heterocycles. The Labute approximate surface area is 127 Å². The molecule has 0 aliphatic rings. The van der Waals surface area contributed by atoms with Crippen molar-refractivity contribution in [2.45, 2.75) is 18.9 Å². The zero-order valence-corrected chi connectivity index (χ0v) is 13.2. The molecule has 20 heavy (non-hydrogen) atoms. The van der Waals surface area contributed by atoms with Crippen LogP contribution in [0.1, 0.15) is 17.4 Å². The summed E-state index contributed by atoms with van der Waals surface area (Å²) in [5, 5.41) is 13.1. The molecule has 2 rings (SSSR count). The van der Waals surface area contributed by atoms with E-state index in [1.54, 1.807) is 27.2 Å². The number of rotatable bonds is 5. The molecule has 2 aromatic rings. The Morgan fingerprint density at radius 3 is 2.45 bits per heavy atom. The van der Waals surface area contributed by atoms with Crippen LogP contribution in [0.25, 0.3) is 0 Å². The number of methoxy groups -OCH3 is 2. The van der Waals surface area contributed by atoms with Crippen molar-refractivity contribution in [3.8, 4) is 11.5 Å². The van der Waals surface area contributed by atoms with Crippen LogP contribution >= 0.6 is 22.9 Å². The van der Waals surface area contributed by atoms with E-state index in [-0.39, 0.29) is 0 Å². The number of thiophene rings is 1. The second kappa shape index (κ2) is 6.04. The van der Waals surface area contributed by atoms with Gasteiger partial charge < -0.3 is 14.6 Å². The van der Waals surface area contributed by atoms with Crippen molar-refractivity contribution in [1.29, 1.82) is 0 Å². The summed E-state index contributed by atoms with van der Waals surface area (Å²) >= 11 is 7.56. The number of benzene rings is 1. The van der Waals surface area contributed by atoms with Crippen LogP contribution in [0.4, 0.5) is 0 Å². The first-order chi connectivity index (χ1) is 9.47. The maximum absolute atomic E-state index is 10.7. The minimum absolute atomic E-state index is 0.452. The lowest BCUT2D eigenvalue weighted by atomic mass is 9.94. The van der Waals surface area contributed by atoms with Crippen LogP contribution in [-0.4, -0.2) is 19.3 Å². The number of halogens is 1. The summed E-state index contributed by atoms with van der Waals surface area (Å²) in [4.78, 5) is 0.772. The Bertz CT molecular complexity index is 593. The first kappa shape index (κ1) is 15.2. The number of ether oxygens (including phenoxy) is 2. The Morgan fingerprint density at radius 1 is 1.20 bits per heavy atom. The molecule has 0 saturated heterocycles. The van der Waals surface area contributed by atoms with E-state index in [1.165, 1.54) is 11.3 Å². The van der Waals surface area contributed by atoms with Gasteiger partial charge in [0.15, 0.2) is 11.5 Å². The van der Waals surface area contributed by atoms with E-state index >= 15 is 0 Å². The third-order valence-electron chi connectivity index (χ3n) is 3.10. The molecule has 1 atom stereocenters. The minimum atomic E-state index is -1.01. The van der Waals surface area contributed by atoms with Gasteiger partial charge in [-0.1, -0.05) is 17.7 Å². The molecule has 1 aromatic heterocycles. The molecule has 108 valence electrons. The van der Waals surface area contributed by atoms with Gasteiger partial charge in [-0.3, -0.25) is 0 Å². The second-order valence-corrected chi connectivity index (χ2v) is 6.06. The van der Waals surface area contributed by atoms with Gasteiger partial charge in [-0.2, -0.15) is 0 Å². The van der Waals surface area contributed by atoms with E-state index in [9.17, 15) is 5.11 Å². The molecule has 0 radical (unpaired) electrons. The largest absolute Gasteiger partial charge is 0.493 e. The van der Waals surface area contributed by atoms with Crippen LogP contribution in [0.15, 0.2) is 29.6 Å². The van der Waals surface area contributed by atoms with Crippen molar-refractivity contribution < 1.29 is 14.6 Å². The van der Waals surface area contributed by atoms with Gasteiger partial charge in [-0.15, -0.1) is 11.3 Å². The van der Waals surface area contributed by atoms with Crippen LogP contribution in [0.2, 0.25) is 5.02 Å². The van der Waals surface area contributed by atoms with E-state index in [0.29, 0.717) is 22.9 Å². The Kier molecular flexibility index (Phi) is 4.58.